The number of benzene rings is 1. The smallest absolute Gasteiger partial charge is 0.321 e. The van der Waals surface area contributed by atoms with Crippen molar-refractivity contribution in [3.05, 3.63) is 29.8 Å². The quantitative estimate of drug-likeness (QED) is 0.793. The molecule has 0 aliphatic carbocycles. The zero-order valence-corrected chi connectivity index (χ0v) is 11.8. The lowest BCUT2D eigenvalue weighted by Crippen LogP contribution is -2.45. The highest BCUT2D eigenvalue weighted by Crippen LogP contribution is 2.18. The van der Waals surface area contributed by atoms with E-state index in [0.29, 0.717) is 4.31 Å². The van der Waals surface area contributed by atoms with E-state index in [0.717, 1.165) is 12.5 Å². The van der Waals surface area contributed by atoms with Crippen LogP contribution in [0.3, 0.4) is 0 Å². The Labute approximate surface area is 116 Å². The SMILES string of the molecule is Cc1ccc(S(=O)(=O)N(CC(=O)O)[C@@H](C)C(=O)O)cc1. The van der Waals surface area contributed by atoms with Gasteiger partial charge in [0.15, 0.2) is 0 Å². The normalized spacial score (nSPS) is 13.2. The van der Waals surface area contributed by atoms with Gasteiger partial charge in [0.1, 0.15) is 12.6 Å². The molecule has 0 heterocycles. The molecule has 1 aromatic rings. The van der Waals surface area contributed by atoms with Gasteiger partial charge in [0.05, 0.1) is 4.90 Å². The largest absolute Gasteiger partial charge is 0.480 e. The molecule has 0 aromatic heterocycles. The van der Waals surface area contributed by atoms with Crippen LogP contribution in [-0.4, -0.2) is 47.5 Å². The molecule has 0 bridgehead atoms. The molecule has 0 aliphatic rings. The molecule has 0 fully saturated rings. The van der Waals surface area contributed by atoms with Gasteiger partial charge in [-0.25, -0.2) is 8.42 Å². The Morgan fingerprint density at radius 1 is 1.20 bits per heavy atom. The average Bonchev–Trinajstić information content (AvgIpc) is 2.35. The Morgan fingerprint density at radius 3 is 2.10 bits per heavy atom. The van der Waals surface area contributed by atoms with Crippen molar-refractivity contribution >= 4 is 22.0 Å². The maximum atomic E-state index is 12.3. The summed E-state index contributed by atoms with van der Waals surface area (Å²) in [5, 5.41) is 17.7. The van der Waals surface area contributed by atoms with Crippen LogP contribution < -0.4 is 0 Å². The molecule has 0 spiro atoms. The Bertz CT molecular complexity index is 607. The predicted molar refractivity (Wildman–Crippen MR) is 69.8 cm³/mol. The lowest BCUT2D eigenvalue weighted by atomic mass is 10.2. The molecular formula is C12H15NO6S. The molecule has 7 nitrogen and oxygen atoms in total. The van der Waals surface area contributed by atoms with Crippen LogP contribution in [0.5, 0.6) is 0 Å². The van der Waals surface area contributed by atoms with E-state index in [4.69, 9.17) is 10.2 Å². The van der Waals surface area contributed by atoms with Crippen LogP contribution in [0, 0.1) is 6.92 Å². The molecule has 0 radical (unpaired) electrons. The van der Waals surface area contributed by atoms with Crippen molar-refractivity contribution in [3.8, 4) is 0 Å². The molecule has 20 heavy (non-hydrogen) atoms. The van der Waals surface area contributed by atoms with Crippen molar-refractivity contribution in [1.82, 2.24) is 4.31 Å². The van der Waals surface area contributed by atoms with Gasteiger partial charge in [0.2, 0.25) is 10.0 Å². The number of carboxylic acids is 2. The van der Waals surface area contributed by atoms with E-state index in [9.17, 15) is 18.0 Å². The fourth-order valence-corrected chi connectivity index (χ4v) is 3.07. The van der Waals surface area contributed by atoms with E-state index in [-0.39, 0.29) is 4.90 Å². The van der Waals surface area contributed by atoms with Crippen molar-refractivity contribution in [2.45, 2.75) is 24.8 Å². The minimum Gasteiger partial charge on any atom is -0.480 e. The van der Waals surface area contributed by atoms with Gasteiger partial charge in [-0.15, -0.1) is 0 Å². The molecule has 2 N–H and O–H groups in total. The number of hydrogen-bond acceptors (Lipinski definition) is 4. The van der Waals surface area contributed by atoms with Crippen LogP contribution in [0.1, 0.15) is 12.5 Å². The number of nitrogens with zero attached hydrogens (tertiary/aromatic N) is 1. The van der Waals surface area contributed by atoms with Crippen molar-refractivity contribution < 1.29 is 28.2 Å². The summed E-state index contributed by atoms with van der Waals surface area (Å²) in [7, 11) is -4.19. The number of aryl methyl sites for hydroxylation is 1. The van der Waals surface area contributed by atoms with Gasteiger partial charge in [-0.1, -0.05) is 17.7 Å². The molecule has 0 amide bonds. The fourth-order valence-electron chi connectivity index (χ4n) is 1.53. The molecule has 1 aromatic carbocycles. The van der Waals surface area contributed by atoms with Crippen molar-refractivity contribution in [3.63, 3.8) is 0 Å². The summed E-state index contributed by atoms with van der Waals surface area (Å²) in [4.78, 5) is 21.6. The van der Waals surface area contributed by atoms with Gasteiger partial charge >= 0.3 is 11.9 Å². The molecule has 0 unspecified atom stereocenters. The minimum atomic E-state index is -4.19. The second-order valence-electron chi connectivity index (χ2n) is 4.27. The van der Waals surface area contributed by atoms with Gasteiger partial charge < -0.3 is 10.2 Å². The molecule has 110 valence electrons. The third kappa shape index (κ3) is 3.55. The Hall–Kier alpha value is -1.93. The first-order valence-electron chi connectivity index (χ1n) is 5.69. The Morgan fingerprint density at radius 2 is 1.70 bits per heavy atom. The van der Waals surface area contributed by atoms with E-state index in [1.165, 1.54) is 12.1 Å². The van der Waals surface area contributed by atoms with Gasteiger partial charge in [-0.3, -0.25) is 9.59 Å². The minimum absolute atomic E-state index is 0.141. The van der Waals surface area contributed by atoms with Crippen LogP contribution in [0.15, 0.2) is 29.2 Å². The zero-order chi connectivity index (χ0) is 15.5. The standard InChI is InChI=1S/C12H15NO6S/c1-8-3-5-10(6-4-8)20(18,19)13(7-11(14)15)9(2)12(16)17/h3-6,9H,7H2,1-2H3,(H,14,15)(H,16,17)/t9-/m0/s1. The number of carboxylic acid groups (broad SMARTS) is 2. The predicted octanol–water partition coefficient (Wildman–Crippen LogP) is 0.543. The van der Waals surface area contributed by atoms with Crippen molar-refractivity contribution in [1.29, 1.82) is 0 Å². The number of rotatable bonds is 6. The second-order valence-corrected chi connectivity index (χ2v) is 6.16. The Balaban J connectivity index is 3.26. The Kier molecular flexibility index (Phi) is 4.85. The lowest BCUT2D eigenvalue weighted by molar-refractivity contribution is -0.142. The highest BCUT2D eigenvalue weighted by molar-refractivity contribution is 7.89. The molecule has 0 saturated carbocycles. The first-order valence-corrected chi connectivity index (χ1v) is 7.13. The summed E-state index contributed by atoms with van der Waals surface area (Å²) in [5.74, 6) is -2.84. The van der Waals surface area contributed by atoms with E-state index in [2.05, 4.69) is 0 Å². The number of sulfonamides is 1. The highest BCUT2D eigenvalue weighted by atomic mass is 32.2. The zero-order valence-electron chi connectivity index (χ0n) is 11.0. The average molecular weight is 301 g/mol. The van der Waals surface area contributed by atoms with E-state index in [1.54, 1.807) is 19.1 Å². The number of carbonyl (C=O) groups is 2. The van der Waals surface area contributed by atoms with Gasteiger partial charge in [-0.05, 0) is 26.0 Å². The molecule has 0 aliphatic heterocycles. The van der Waals surface area contributed by atoms with E-state index >= 15 is 0 Å². The number of aliphatic carboxylic acids is 2. The van der Waals surface area contributed by atoms with Crippen LogP contribution in [0.25, 0.3) is 0 Å². The monoisotopic (exact) mass is 301 g/mol. The summed E-state index contributed by atoms with van der Waals surface area (Å²) in [6, 6.07) is 4.26. The maximum Gasteiger partial charge on any atom is 0.321 e. The van der Waals surface area contributed by atoms with Crippen molar-refractivity contribution in [2.24, 2.45) is 0 Å². The van der Waals surface area contributed by atoms with E-state index in [1.807, 2.05) is 0 Å². The summed E-state index contributed by atoms with van der Waals surface area (Å²) < 4.78 is 25.1. The topological polar surface area (TPSA) is 112 Å². The third-order valence-corrected chi connectivity index (χ3v) is 4.64. The first-order chi connectivity index (χ1) is 9.16. The highest BCUT2D eigenvalue weighted by Gasteiger charge is 2.34. The molecular weight excluding hydrogens is 286 g/mol. The molecule has 1 rings (SSSR count). The summed E-state index contributed by atoms with van der Waals surface area (Å²) in [5.41, 5.74) is 0.833. The van der Waals surface area contributed by atoms with E-state index < -0.39 is 34.5 Å². The van der Waals surface area contributed by atoms with Crippen LogP contribution in [-0.2, 0) is 19.6 Å². The van der Waals surface area contributed by atoms with Gasteiger partial charge in [-0.2, -0.15) is 4.31 Å². The van der Waals surface area contributed by atoms with Gasteiger partial charge in [0.25, 0.3) is 0 Å². The molecule has 8 heteroatoms. The fraction of sp³-hybridized carbons (Fsp3) is 0.333. The summed E-state index contributed by atoms with van der Waals surface area (Å²) in [6.07, 6.45) is 0. The molecule has 0 saturated heterocycles. The second kappa shape index (κ2) is 6.02. The summed E-state index contributed by atoms with van der Waals surface area (Å²) in [6.45, 7) is 1.98. The third-order valence-electron chi connectivity index (χ3n) is 2.71. The van der Waals surface area contributed by atoms with Crippen LogP contribution in [0.2, 0.25) is 0 Å². The lowest BCUT2D eigenvalue weighted by Gasteiger charge is -2.24. The van der Waals surface area contributed by atoms with Crippen LogP contribution >= 0.6 is 0 Å². The summed E-state index contributed by atoms with van der Waals surface area (Å²) >= 11 is 0. The first kappa shape index (κ1) is 16.1. The maximum absolute atomic E-state index is 12.3. The molecule has 1 atom stereocenters. The van der Waals surface area contributed by atoms with Crippen molar-refractivity contribution in [2.75, 3.05) is 6.54 Å². The van der Waals surface area contributed by atoms with Crippen LogP contribution in [0.4, 0.5) is 0 Å². The van der Waals surface area contributed by atoms with Gasteiger partial charge in [0, 0.05) is 0 Å². The number of hydrogen-bond donors (Lipinski definition) is 2.